The van der Waals surface area contributed by atoms with Gasteiger partial charge in [-0.05, 0) is 65.7 Å². The third kappa shape index (κ3) is 5.04. The molecule has 0 bridgehead atoms. The van der Waals surface area contributed by atoms with Crippen LogP contribution in [0.25, 0.3) is 11.4 Å². The molecule has 0 spiro atoms. The van der Waals surface area contributed by atoms with E-state index >= 15 is 0 Å². The van der Waals surface area contributed by atoms with E-state index in [0.29, 0.717) is 11.4 Å². The zero-order valence-electron chi connectivity index (χ0n) is 16.4. The van der Waals surface area contributed by atoms with Gasteiger partial charge < -0.3 is 5.32 Å². The number of hydrogen-bond donors (Lipinski definition) is 2. The van der Waals surface area contributed by atoms with Crippen molar-refractivity contribution in [3.05, 3.63) is 54.1 Å². The van der Waals surface area contributed by atoms with Crippen LogP contribution in [0.15, 0.2) is 53.4 Å². The summed E-state index contributed by atoms with van der Waals surface area (Å²) in [7, 11) is -4.09. The molecule has 13 heteroatoms. The average molecular weight is 466 g/mol. The molecule has 1 saturated carbocycles. The highest BCUT2D eigenvalue weighted by molar-refractivity contribution is 7.92. The molecule has 9 nitrogen and oxygen atoms in total. The summed E-state index contributed by atoms with van der Waals surface area (Å²) in [6.07, 6.45) is -2.57. The lowest BCUT2D eigenvalue weighted by atomic mass is 10.2. The Hall–Kier alpha value is -3.48. The number of carbonyl (C=O) groups excluding carboxylic acids is 1. The van der Waals surface area contributed by atoms with Crippen molar-refractivity contribution in [3.63, 3.8) is 0 Å². The van der Waals surface area contributed by atoms with E-state index in [1.165, 1.54) is 18.2 Å². The molecule has 1 aliphatic rings. The molecule has 32 heavy (non-hydrogen) atoms. The number of amides is 1. The first-order chi connectivity index (χ1) is 15.1. The van der Waals surface area contributed by atoms with E-state index in [0.717, 1.165) is 18.9 Å². The van der Waals surface area contributed by atoms with Crippen LogP contribution >= 0.6 is 0 Å². The van der Waals surface area contributed by atoms with Crippen LogP contribution in [-0.4, -0.2) is 47.3 Å². The summed E-state index contributed by atoms with van der Waals surface area (Å²) in [5.74, 6) is -0.448. The predicted octanol–water partition coefficient (Wildman–Crippen LogP) is 2.77. The Bertz CT molecular complexity index is 1240. The summed E-state index contributed by atoms with van der Waals surface area (Å²) in [4.78, 5) is 11.6. The fourth-order valence-corrected chi connectivity index (χ4v) is 4.04. The van der Waals surface area contributed by atoms with Crippen molar-refractivity contribution in [2.24, 2.45) is 0 Å². The normalized spacial score (nSPS) is 14.2. The van der Waals surface area contributed by atoms with Crippen LogP contribution in [0.2, 0.25) is 0 Å². The van der Waals surface area contributed by atoms with Crippen molar-refractivity contribution in [2.75, 3.05) is 11.3 Å². The molecule has 1 amide bonds. The second kappa shape index (κ2) is 8.22. The molecule has 4 rings (SSSR count). The van der Waals surface area contributed by atoms with Gasteiger partial charge in [0.05, 0.1) is 10.9 Å². The van der Waals surface area contributed by atoms with Crippen molar-refractivity contribution in [3.8, 4) is 11.4 Å². The number of nitrogens with zero attached hydrogens (tertiary/aromatic N) is 4. The molecule has 0 saturated heterocycles. The van der Waals surface area contributed by atoms with Crippen molar-refractivity contribution in [1.82, 2.24) is 25.5 Å². The van der Waals surface area contributed by atoms with Crippen LogP contribution < -0.4 is 10.0 Å². The van der Waals surface area contributed by atoms with Gasteiger partial charge in [-0.1, -0.05) is 6.07 Å². The molecule has 0 aliphatic heterocycles. The highest BCUT2D eigenvalue weighted by Crippen LogP contribution is 2.36. The molecule has 2 N–H and O–H groups in total. The molecule has 168 valence electrons. The summed E-state index contributed by atoms with van der Waals surface area (Å²) < 4.78 is 66.4. The monoisotopic (exact) mass is 466 g/mol. The van der Waals surface area contributed by atoms with E-state index in [9.17, 15) is 26.4 Å². The number of sulfonamides is 1. The Morgan fingerprint density at radius 1 is 1.12 bits per heavy atom. The summed E-state index contributed by atoms with van der Waals surface area (Å²) in [6, 6.07) is 11.4. The van der Waals surface area contributed by atoms with E-state index in [2.05, 4.69) is 20.2 Å². The molecule has 1 aliphatic carbocycles. The molecule has 2 aromatic carbocycles. The first-order valence-electron chi connectivity index (χ1n) is 9.48. The number of halogens is 3. The van der Waals surface area contributed by atoms with E-state index in [-0.39, 0.29) is 22.2 Å². The lowest BCUT2D eigenvalue weighted by Gasteiger charge is -2.11. The van der Waals surface area contributed by atoms with Gasteiger partial charge in [0, 0.05) is 16.8 Å². The van der Waals surface area contributed by atoms with Crippen molar-refractivity contribution < 1.29 is 26.4 Å². The van der Waals surface area contributed by atoms with Crippen LogP contribution in [0.1, 0.15) is 29.2 Å². The quantitative estimate of drug-likeness (QED) is 0.553. The van der Waals surface area contributed by atoms with Crippen molar-refractivity contribution >= 4 is 21.6 Å². The Labute approximate surface area is 180 Å². The Balaban J connectivity index is 1.48. The maximum atomic E-state index is 12.7. The number of anilines is 1. The number of rotatable bonds is 7. The summed E-state index contributed by atoms with van der Waals surface area (Å²) >= 11 is 0. The minimum absolute atomic E-state index is 0.209. The molecule has 0 radical (unpaired) electrons. The van der Waals surface area contributed by atoms with Crippen LogP contribution in [0.5, 0.6) is 0 Å². The van der Waals surface area contributed by atoms with Crippen LogP contribution in [0.4, 0.5) is 18.9 Å². The lowest BCUT2D eigenvalue weighted by Crippen LogP contribution is -2.33. The maximum absolute atomic E-state index is 12.7. The Morgan fingerprint density at radius 2 is 1.84 bits per heavy atom. The van der Waals surface area contributed by atoms with Crippen molar-refractivity contribution in [2.45, 2.75) is 30.0 Å². The summed E-state index contributed by atoms with van der Waals surface area (Å²) in [6.45, 7) is -1.52. The van der Waals surface area contributed by atoms with E-state index in [1.54, 1.807) is 34.3 Å². The molecule has 3 aromatic rings. The first kappa shape index (κ1) is 21.7. The van der Waals surface area contributed by atoms with Crippen LogP contribution in [-0.2, 0) is 10.0 Å². The van der Waals surface area contributed by atoms with Gasteiger partial charge in [0.2, 0.25) is 0 Å². The summed E-state index contributed by atoms with van der Waals surface area (Å²) in [5.41, 5.74) is 0.763. The minimum atomic E-state index is -4.57. The lowest BCUT2D eigenvalue weighted by molar-refractivity contribution is -0.123. The van der Waals surface area contributed by atoms with E-state index in [4.69, 9.17) is 0 Å². The van der Waals surface area contributed by atoms with Gasteiger partial charge >= 0.3 is 6.18 Å². The first-order valence-corrected chi connectivity index (χ1v) is 11.0. The molecule has 1 heterocycles. The van der Waals surface area contributed by atoms with Crippen molar-refractivity contribution in [1.29, 1.82) is 0 Å². The molecule has 1 fully saturated rings. The topological polar surface area (TPSA) is 119 Å². The van der Waals surface area contributed by atoms with Gasteiger partial charge in [-0.25, -0.2) is 13.1 Å². The van der Waals surface area contributed by atoms with E-state index in [1.807, 2.05) is 0 Å². The maximum Gasteiger partial charge on any atom is 0.405 e. The van der Waals surface area contributed by atoms with Gasteiger partial charge in [0.25, 0.3) is 15.9 Å². The van der Waals surface area contributed by atoms with Gasteiger partial charge in [0.1, 0.15) is 6.54 Å². The second-order valence-corrected chi connectivity index (χ2v) is 8.87. The number of aromatic nitrogens is 4. The molecule has 0 unspecified atom stereocenters. The highest BCUT2D eigenvalue weighted by Gasteiger charge is 2.29. The zero-order chi connectivity index (χ0) is 22.9. The predicted molar refractivity (Wildman–Crippen MR) is 107 cm³/mol. The number of carbonyl (C=O) groups is 1. The smallest absolute Gasteiger partial charge is 0.343 e. The Kier molecular flexibility index (Phi) is 5.59. The fraction of sp³-hybridized carbons (Fsp3) is 0.263. The summed E-state index contributed by atoms with van der Waals surface area (Å²) in [5, 5.41) is 13.4. The molecule has 1 aromatic heterocycles. The Morgan fingerprint density at radius 3 is 2.50 bits per heavy atom. The van der Waals surface area contributed by atoms with Gasteiger partial charge in [-0.15, -0.1) is 5.10 Å². The molecule has 0 atom stereocenters. The standard InChI is InChI=1S/C19H17F3N6O3S/c20-19(21,22)11-23-18(29)13-2-1-3-16(10-13)32(30,31)25-14-6-4-12(5-7-14)17-24-26-27-28(17)15-8-9-15/h1-7,10,15,25H,8-9,11H2,(H,23,29). The third-order valence-electron chi connectivity index (χ3n) is 4.64. The minimum Gasteiger partial charge on any atom is -0.343 e. The second-order valence-electron chi connectivity index (χ2n) is 7.19. The van der Waals surface area contributed by atoms with Crippen LogP contribution in [0.3, 0.4) is 0 Å². The van der Waals surface area contributed by atoms with Gasteiger partial charge in [-0.2, -0.15) is 13.2 Å². The number of benzene rings is 2. The number of alkyl halides is 3. The SMILES string of the molecule is O=C(NCC(F)(F)F)c1cccc(S(=O)(=O)Nc2ccc(-c3nnnn3C3CC3)cc2)c1. The number of hydrogen-bond acceptors (Lipinski definition) is 6. The molecular weight excluding hydrogens is 449 g/mol. The number of nitrogens with one attached hydrogen (secondary N) is 2. The fourth-order valence-electron chi connectivity index (χ4n) is 2.94. The number of tetrazole rings is 1. The largest absolute Gasteiger partial charge is 0.405 e. The third-order valence-corrected chi connectivity index (χ3v) is 6.02. The average Bonchev–Trinajstić information content (AvgIpc) is 3.48. The van der Waals surface area contributed by atoms with Crippen LogP contribution in [0, 0.1) is 0 Å². The highest BCUT2D eigenvalue weighted by atomic mass is 32.2. The van der Waals surface area contributed by atoms with E-state index < -0.39 is 28.7 Å². The van der Waals surface area contributed by atoms with Gasteiger partial charge in [-0.3, -0.25) is 9.52 Å². The zero-order valence-corrected chi connectivity index (χ0v) is 17.2. The van der Waals surface area contributed by atoms with Gasteiger partial charge in [0.15, 0.2) is 5.82 Å². The molecular formula is C19H17F3N6O3S.